The molecule has 1 aliphatic heterocycles. The van der Waals surface area contributed by atoms with Crippen molar-refractivity contribution < 1.29 is 28.8 Å². The smallest absolute Gasteiger partial charge is 0.289 e. The predicted molar refractivity (Wildman–Crippen MR) is 181 cm³/mol. The number of likely N-dealkylation sites (tertiary alicyclic amines) is 1. The number of carbonyl (C=O) groups excluding carboxylic acids is 6. The molecule has 3 aliphatic carbocycles. The molecule has 4 fully saturated rings. The van der Waals surface area contributed by atoms with Crippen LogP contribution in [-0.2, 0) is 24.0 Å². The van der Waals surface area contributed by atoms with Gasteiger partial charge in [-0.15, -0.1) is 0 Å². The van der Waals surface area contributed by atoms with Crippen molar-refractivity contribution in [2.45, 2.75) is 135 Å². The van der Waals surface area contributed by atoms with E-state index in [9.17, 15) is 28.8 Å². The van der Waals surface area contributed by atoms with Crippen LogP contribution in [0.3, 0.4) is 0 Å². The molecule has 4 aliphatic rings. The van der Waals surface area contributed by atoms with Crippen molar-refractivity contribution in [2.24, 2.45) is 23.2 Å². The second-order valence-electron chi connectivity index (χ2n) is 15.5. The maximum absolute atomic E-state index is 14.6. The van der Waals surface area contributed by atoms with Gasteiger partial charge in [-0.25, -0.2) is 4.98 Å². The number of aromatic nitrogens is 2. The van der Waals surface area contributed by atoms with Crippen LogP contribution >= 0.6 is 0 Å². The van der Waals surface area contributed by atoms with Gasteiger partial charge < -0.3 is 26.2 Å². The van der Waals surface area contributed by atoms with Crippen LogP contribution in [0.5, 0.6) is 0 Å². The van der Waals surface area contributed by atoms with Gasteiger partial charge in [-0.1, -0.05) is 59.8 Å². The summed E-state index contributed by atoms with van der Waals surface area (Å²) in [5.74, 6) is -3.20. The van der Waals surface area contributed by atoms with E-state index in [4.69, 9.17) is 0 Å². The Bertz CT molecular complexity index is 1390. The molecule has 1 saturated heterocycles. The van der Waals surface area contributed by atoms with Gasteiger partial charge >= 0.3 is 0 Å². The van der Waals surface area contributed by atoms with Crippen LogP contribution in [0.2, 0.25) is 0 Å². The second kappa shape index (κ2) is 15.8. The van der Waals surface area contributed by atoms with E-state index < -0.39 is 59.0 Å². The molecule has 3 saturated carbocycles. The summed E-state index contributed by atoms with van der Waals surface area (Å²) in [6, 6.07) is -3.68. The standard InChI is InChI=1S/C36H53N7O6/c1-5-10-25(29(44)34(48)39-23-15-16-23)40-33(47)28-24-14-9-13-22(24)20-43(28)35(49)30(36(2,3)4)42-32(46)27(21-11-7-6-8-12-21)41-31(45)26-19-37-17-18-38-26/h17-19,21-25,27-28,30H,5-16,20H2,1-4H3,(H,39,48)(H,40,47)(H,41,45)(H,42,46)/t22-,24-,25?,27-,28-,30+/m0/s1. The monoisotopic (exact) mass is 679 g/mol. The fourth-order valence-electron chi connectivity index (χ4n) is 7.87. The molecule has 5 rings (SSSR count). The zero-order valence-corrected chi connectivity index (χ0v) is 29.3. The van der Waals surface area contributed by atoms with E-state index >= 15 is 0 Å². The van der Waals surface area contributed by atoms with Crippen LogP contribution in [0.1, 0.15) is 115 Å². The number of fused-ring (bicyclic) bond motifs is 1. The molecule has 1 unspecified atom stereocenters. The molecular formula is C36H53N7O6. The van der Waals surface area contributed by atoms with Crippen molar-refractivity contribution in [3.63, 3.8) is 0 Å². The highest BCUT2D eigenvalue weighted by Crippen LogP contribution is 2.43. The summed E-state index contributed by atoms with van der Waals surface area (Å²) >= 11 is 0. The molecule has 268 valence electrons. The molecule has 0 aromatic carbocycles. The lowest BCUT2D eigenvalue weighted by atomic mass is 9.82. The summed E-state index contributed by atoms with van der Waals surface area (Å²) in [5, 5.41) is 11.5. The second-order valence-corrected chi connectivity index (χ2v) is 15.5. The number of amides is 5. The fourth-order valence-corrected chi connectivity index (χ4v) is 7.87. The number of hydrogen-bond donors (Lipinski definition) is 4. The highest BCUT2D eigenvalue weighted by Gasteiger charge is 2.52. The minimum atomic E-state index is -0.994. The third-order valence-electron chi connectivity index (χ3n) is 10.7. The van der Waals surface area contributed by atoms with Gasteiger partial charge in [-0.3, -0.25) is 33.8 Å². The first-order chi connectivity index (χ1) is 23.4. The maximum Gasteiger partial charge on any atom is 0.289 e. The van der Waals surface area contributed by atoms with Gasteiger partial charge in [-0.05, 0) is 68.1 Å². The number of hydrogen-bond acceptors (Lipinski definition) is 8. The minimum absolute atomic E-state index is 0.0132. The van der Waals surface area contributed by atoms with Gasteiger partial charge in [0.25, 0.3) is 11.8 Å². The van der Waals surface area contributed by atoms with Gasteiger partial charge in [-0.2, -0.15) is 0 Å². The highest BCUT2D eigenvalue weighted by atomic mass is 16.2. The topological polar surface area (TPSA) is 180 Å². The number of rotatable bonds is 13. The SMILES string of the molecule is CCCC(NC(=O)[C@@H]1[C@H]2CCC[C@H]2CN1C(=O)[C@@H](NC(=O)[C@@H](NC(=O)c1cnccn1)C1CCCCC1)C(C)(C)C)C(=O)C(=O)NC1CC1. The third kappa shape index (κ3) is 8.83. The lowest BCUT2D eigenvalue weighted by Crippen LogP contribution is -2.62. The molecule has 4 N–H and O–H groups in total. The van der Waals surface area contributed by atoms with Crippen molar-refractivity contribution in [3.8, 4) is 0 Å². The molecule has 13 nitrogen and oxygen atoms in total. The zero-order chi connectivity index (χ0) is 35.3. The summed E-state index contributed by atoms with van der Waals surface area (Å²) in [6.45, 7) is 7.85. The number of Topliss-reactive ketones (excluding diaryl/α,β-unsaturated/α-hetero) is 1. The molecule has 0 bridgehead atoms. The van der Waals surface area contributed by atoms with E-state index in [1.165, 1.54) is 18.6 Å². The van der Waals surface area contributed by atoms with Gasteiger partial charge in [0.15, 0.2) is 0 Å². The van der Waals surface area contributed by atoms with Gasteiger partial charge in [0.2, 0.25) is 23.5 Å². The maximum atomic E-state index is 14.6. The number of ketones is 1. The molecule has 1 aromatic heterocycles. The Morgan fingerprint density at radius 3 is 2.27 bits per heavy atom. The minimum Gasteiger partial charge on any atom is -0.347 e. The largest absolute Gasteiger partial charge is 0.347 e. The average Bonchev–Trinajstić information content (AvgIpc) is 3.65. The predicted octanol–water partition coefficient (Wildman–Crippen LogP) is 2.45. The molecule has 5 amide bonds. The zero-order valence-electron chi connectivity index (χ0n) is 29.3. The van der Waals surface area contributed by atoms with E-state index in [-0.39, 0.29) is 35.4 Å². The van der Waals surface area contributed by atoms with E-state index in [0.717, 1.165) is 64.2 Å². The number of carbonyl (C=O) groups is 6. The average molecular weight is 680 g/mol. The van der Waals surface area contributed by atoms with Gasteiger partial charge in [0.05, 0.1) is 12.2 Å². The summed E-state index contributed by atoms with van der Waals surface area (Å²) in [4.78, 5) is 91.4. The Hall–Kier alpha value is -3.90. The molecule has 6 atom stereocenters. The summed E-state index contributed by atoms with van der Waals surface area (Å²) in [5.41, 5.74) is -0.638. The van der Waals surface area contributed by atoms with Crippen LogP contribution in [-0.4, -0.2) is 86.9 Å². The van der Waals surface area contributed by atoms with E-state index in [1.54, 1.807) is 4.90 Å². The molecule has 0 radical (unpaired) electrons. The van der Waals surface area contributed by atoms with Crippen molar-refractivity contribution >= 4 is 35.3 Å². The molecular weight excluding hydrogens is 626 g/mol. The van der Waals surface area contributed by atoms with Crippen molar-refractivity contribution in [3.05, 3.63) is 24.3 Å². The Kier molecular flexibility index (Phi) is 11.7. The van der Waals surface area contributed by atoms with Gasteiger partial charge in [0, 0.05) is 25.0 Å². The lowest BCUT2D eigenvalue weighted by Gasteiger charge is -2.38. The van der Waals surface area contributed by atoms with Crippen LogP contribution < -0.4 is 21.3 Å². The molecule has 49 heavy (non-hydrogen) atoms. The van der Waals surface area contributed by atoms with E-state index in [0.29, 0.717) is 19.4 Å². The highest BCUT2D eigenvalue weighted by molar-refractivity contribution is 6.38. The lowest BCUT2D eigenvalue weighted by molar-refractivity contribution is -0.146. The van der Waals surface area contributed by atoms with Crippen molar-refractivity contribution in [1.82, 2.24) is 36.1 Å². The quantitative estimate of drug-likeness (QED) is 0.230. The first kappa shape index (κ1) is 36.4. The normalized spacial score (nSPS) is 24.2. The van der Waals surface area contributed by atoms with Crippen molar-refractivity contribution in [1.29, 1.82) is 0 Å². The number of nitrogens with zero attached hydrogens (tertiary/aromatic N) is 3. The summed E-state index contributed by atoms with van der Waals surface area (Å²) in [7, 11) is 0. The third-order valence-corrected chi connectivity index (χ3v) is 10.7. The Labute approximate surface area is 288 Å². The molecule has 13 heteroatoms. The van der Waals surface area contributed by atoms with Crippen LogP contribution in [0, 0.1) is 23.2 Å². The summed E-state index contributed by atoms with van der Waals surface area (Å²) in [6.07, 6.45) is 13.9. The summed E-state index contributed by atoms with van der Waals surface area (Å²) < 4.78 is 0. The Balaban J connectivity index is 1.36. The molecule has 0 spiro atoms. The van der Waals surface area contributed by atoms with E-state index in [1.807, 2.05) is 27.7 Å². The Morgan fingerprint density at radius 1 is 0.898 bits per heavy atom. The fraction of sp³-hybridized carbons (Fsp3) is 0.722. The number of nitrogens with one attached hydrogen (secondary N) is 4. The van der Waals surface area contributed by atoms with Gasteiger partial charge in [0.1, 0.15) is 23.8 Å². The van der Waals surface area contributed by atoms with Crippen LogP contribution in [0.25, 0.3) is 0 Å². The first-order valence-electron chi connectivity index (χ1n) is 18.2. The van der Waals surface area contributed by atoms with Crippen LogP contribution in [0.15, 0.2) is 18.6 Å². The first-order valence-corrected chi connectivity index (χ1v) is 18.2. The van der Waals surface area contributed by atoms with E-state index in [2.05, 4.69) is 31.2 Å². The Morgan fingerprint density at radius 2 is 1.63 bits per heavy atom. The van der Waals surface area contributed by atoms with Crippen LogP contribution in [0.4, 0.5) is 0 Å². The van der Waals surface area contributed by atoms with Crippen molar-refractivity contribution in [2.75, 3.05) is 6.54 Å². The molecule has 1 aromatic rings. The molecule has 2 heterocycles.